The van der Waals surface area contributed by atoms with Crippen molar-refractivity contribution in [3.05, 3.63) is 36.4 Å². The molecule has 6 heteroatoms. The Morgan fingerprint density at radius 2 is 2.30 bits per heavy atom. The molecular formula is C17H22N4O2. The number of hydrogen-bond acceptors (Lipinski definition) is 4. The van der Waals surface area contributed by atoms with Gasteiger partial charge < -0.3 is 10.1 Å². The van der Waals surface area contributed by atoms with Crippen LogP contribution >= 0.6 is 0 Å². The number of carbonyl (C=O) groups excluding carboxylic acids is 1. The second kappa shape index (κ2) is 6.91. The van der Waals surface area contributed by atoms with Crippen molar-refractivity contribution in [3.63, 3.8) is 0 Å². The summed E-state index contributed by atoms with van der Waals surface area (Å²) in [5, 5.41) is 7.28. The molecule has 122 valence electrons. The summed E-state index contributed by atoms with van der Waals surface area (Å²) in [6.45, 7) is 3.61. The molecule has 1 saturated heterocycles. The Bertz CT molecular complexity index is 677. The summed E-state index contributed by atoms with van der Waals surface area (Å²) in [7, 11) is 1.86. The number of nitrogens with one attached hydrogen (secondary N) is 1. The van der Waals surface area contributed by atoms with Crippen LogP contribution in [0, 0.1) is 5.92 Å². The molecule has 0 spiro atoms. The first-order chi connectivity index (χ1) is 11.2. The zero-order valence-electron chi connectivity index (χ0n) is 13.5. The number of carbonyl (C=O) groups is 1. The van der Waals surface area contributed by atoms with Crippen LogP contribution in [-0.4, -0.2) is 39.9 Å². The van der Waals surface area contributed by atoms with Gasteiger partial charge >= 0.3 is 0 Å². The van der Waals surface area contributed by atoms with Crippen molar-refractivity contribution < 1.29 is 9.53 Å². The van der Waals surface area contributed by atoms with Crippen molar-refractivity contribution in [1.82, 2.24) is 20.1 Å². The van der Waals surface area contributed by atoms with E-state index in [4.69, 9.17) is 4.74 Å². The predicted molar refractivity (Wildman–Crippen MR) is 86.9 cm³/mol. The van der Waals surface area contributed by atoms with Crippen LogP contribution in [0.5, 0.6) is 0 Å². The lowest BCUT2D eigenvalue weighted by Gasteiger charge is -2.22. The number of aryl methyl sites for hydroxylation is 1. The Labute approximate surface area is 135 Å². The molecule has 6 nitrogen and oxygen atoms in total. The van der Waals surface area contributed by atoms with E-state index in [1.165, 1.54) is 0 Å². The lowest BCUT2D eigenvalue weighted by Crippen LogP contribution is -2.40. The van der Waals surface area contributed by atoms with Crippen molar-refractivity contribution in [1.29, 1.82) is 0 Å². The van der Waals surface area contributed by atoms with Gasteiger partial charge in [-0.2, -0.15) is 5.10 Å². The standard InChI is InChI=1S/C17H22N4O2/c1-3-16(12-4-5-23-11-12)20-17(22)14-6-13(7-18-8-14)15-9-19-21(2)10-15/h6-10,12,16H,3-5,11H2,1-2H3,(H,20,22). The first-order valence-corrected chi connectivity index (χ1v) is 8.00. The molecule has 1 N–H and O–H groups in total. The van der Waals surface area contributed by atoms with E-state index in [2.05, 4.69) is 22.3 Å². The Hall–Kier alpha value is -2.21. The number of ether oxygens (including phenoxy) is 1. The smallest absolute Gasteiger partial charge is 0.253 e. The Kier molecular flexibility index (Phi) is 4.71. The van der Waals surface area contributed by atoms with Crippen molar-refractivity contribution in [2.45, 2.75) is 25.8 Å². The van der Waals surface area contributed by atoms with Crippen LogP contribution < -0.4 is 5.32 Å². The maximum atomic E-state index is 12.5. The molecule has 2 unspecified atom stereocenters. The number of pyridine rings is 1. The van der Waals surface area contributed by atoms with E-state index in [0.29, 0.717) is 11.5 Å². The van der Waals surface area contributed by atoms with E-state index in [1.807, 2.05) is 19.3 Å². The number of amides is 1. The van der Waals surface area contributed by atoms with Gasteiger partial charge in [-0.25, -0.2) is 0 Å². The number of aromatic nitrogens is 3. The molecule has 0 aromatic carbocycles. The zero-order chi connectivity index (χ0) is 16.2. The van der Waals surface area contributed by atoms with Crippen LogP contribution in [0.3, 0.4) is 0 Å². The highest BCUT2D eigenvalue weighted by Gasteiger charge is 2.26. The molecule has 3 heterocycles. The summed E-state index contributed by atoms with van der Waals surface area (Å²) >= 11 is 0. The van der Waals surface area contributed by atoms with E-state index in [0.717, 1.165) is 37.2 Å². The van der Waals surface area contributed by atoms with E-state index in [-0.39, 0.29) is 11.9 Å². The maximum Gasteiger partial charge on any atom is 0.253 e. The van der Waals surface area contributed by atoms with E-state index < -0.39 is 0 Å². The highest BCUT2D eigenvalue weighted by Crippen LogP contribution is 2.21. The van der Waals surface area contributed by atoms with Gasteiger partial charge in [-0.3, -0.25) is 14.5 Å². The summed E-state index contributed by atoms with van der Waals surface area (Å²) in [5.74, 6) is 0.320. The molecule has 2 atom stereocenters. The average molecular weight is 314 g/mol. The average Bonchev–Trinajstić information content (AvgIpc) is 3.24. The Morgan fingerprint density at radius 1 is 1.43 bits per heavy atom. The molecule has 0 saturated carbocycles. The molecule has 1 amide bonds. The minimum absolute atomic E-state index is 0.0815. The molecule has 2 aromatic heterocycles. The van der Waals surface area contributed by atoms with E-state index >= 15 is 0 Å². The number of rotatable bonds is 5. The van der Waals surface area contributed by atoms with Crippen molar-refractivity contribution in [3.8, 4) is 11.1 Å². The molecule has 23 heavy (non-hydrogen) atoms. The molecule has 2 aromatic rings. The second-order valence-corrected chi connectivity index (χ2v) is 5.98. The molecule has 1 aliphatic rings. The van der Waals surface area contributed by atoms with Crippen LogP contribution in [0.25, 0.3) is 11.1 Å². The first kappa shape index (κ1) is 15.7. The molecular weight excluding hydrogens is 292 g/mol. The molecule has 3 rings (SSSR count). The van der Waals surface area contributed by atoms with Gasteiger partial charge in [0.2, 0.25) is 0 Å². The summed E-state index contributed by atoms with van der Waals surface area (Å²) in [6.07, 6.45) is 8.93. The summed E-state index contributed by atoms with van der Waals surface area (Å²) in [4.78, 5) is 16.7. The van der Waals surface area contributed by atoms with Gasteiger partial charge in [0.15, 0.2) is 0 Å². The van der Waals surface area contributed by atoms with Crippen molar-refractivity contribution >= 4 is 5.91 Å². The Balaban J connectivity index is 1.74. The second-order valence-electron chi connectivity index (χ2n) is 5.98. The van der Waals surface area contributed by atoms with Crippen LogP contribution in [0.15, 0.2) is 30.9 Å². The topological polar surface area (TPSA) is 69.0 Å². The molecule has 0 aliphatic carbocycles. The summed E-state index contributed by atoms with van der Waals surface area (Å²) in [6, 6.07) is 2.00. The van der Waals surface area contributed by atoms with Crippen LogP contribution in [0.2, 0.25) is 0 Å². The largest absolute Gasteiger partial charge is 0.381 e. The van der Waals surface area contributed by atoms with Gasteiger partial charge in [0, 0.05) is 55.3 Å². The van der Waals surface area contributed by atoms with Gasteiger partial charge in [-0.1, -0.05) is 6.92 Å². The summed E-state index contributed by atoms with van der Waals surface area (Å²) in [5.41, 5.74) is 2.41. The highest BCUT2D eigenvalue weighted by atomic mass is 16.5. The fourth-order valence-electron chi connectivity index (χ4n) is 2.97. The molecule has 1 aliphatic heterocycles. The number of hydrogen-bond donors (Lipinski definition) is 1. The third-order valence-corrected chi connectivity index (χ3v) is 4.33. The van der Waals surface area contributed by atoms with Gasteiger partial charge in [0.1, 0.15) is 0 Å². The monoisotopic (exact) mass is 314 g/mol. The number of nitrogens with zero attached hydrogens (tertiary/aromatic N) is 3. The third kappa shape index (κ3) is 3.59. The quantitative estimate of drug-likeness (QED) is 0.917. The fourth-order valence-corrected chi connectivity index (χ4v) is 2.97. The summed E-state index contributed by atoms with van der Waals surface area (Å²) < 4.78 is 7.16. The zero-order valence-corrected chi connectivity index (χ0v) is 13.5. The van der Waals surface area contributed by atoms with Gasteiger partial charge in [0.05, 0.1) is 18.4 Å². The lowest BCUT2D eigenvalue weighted by molar-refractivity contribution is 0.0914. The van der Waals surface area contributed by atoms with Gasteiger partial charge in [-0.05, 0) is 18.9 Å². The van der Waals surface area contributed by atoms with E-state index in [9.17, 15) is 4.79 Å². The molecule has 1 fully saturated rings. The minimum atomic E-state index is -0.0815. The van der Waals surface area contributed by atoms with Crippen molar-refractivity contribution in [2.75, 3.05) is 13.2 Å². The normalized spacial score (nSPS) is 18.8. The SMILES string of the molecule is CCC(NC(=O)c1cncc(-c2cnn(C)c2)c1)C1CCOC1. The van der Waals surface area contributed by atoms with Crippen LogP contribution in [0.4, 0.5) is 0 Å². The van der Waals surface area contributed by atoms with Gasteiger partial charge in [-0.15, -0.1) is 0 Å². The molecule has 0 bridgehead atoms. The minimum Gasteiger partial charge on any atom is -0.381 e. The van der Waals surface area contributed by atoms with Crippen LogP contribution in [0.1, 0.15) is 30.1 Å². The first-order valence-electron chi connectivity index (χ1n) is 8.00. The Morgan fingerprint density at radius 3 is 2.96 bits per heavy atom. The maximum absolute atomic E-state index is 12.5. The van der Waals surface area contributed by atoms with E-state index in [1.54, 1.807) is 23.3 Å². The third-order valence-electron chi connectivity index (χ3n) is 4.33. The van der Waals surface area contributed by atoms with Gasteiger partial charge in [0.25, 0.3) is 5.91 Å². The van der Waals surface area contributed by atoms with Crippen LogP contribution in [-0.2, 0) is 11.8 Å². The molecule has 0 radical (unpaired) electrons. The lowest BCUT2D eigenvalue weighted by atomic mass is 9.96. The van der Waals surface area contributed by atoms with Crippen molar-refractivity contribution in [2.24, 2.45) is 13.0 Å². The highest BCUT2D eigenvalue weighted by molar-refractivity contribution is 5.95. The predicted octanol–water partition coefficient (Wildman–Crippen LogP) is 2.03. The fraction of sp³-hybridized carbons (Fsp3) is 0.471.